The van der Waals surface area contributed by atoms with Crippen molar-refractivity contribution in [3.05, 3.63) is 28.2 Å². The molecule has 0 aliphatic carbocycles. The molecule has 0 unspecified atom stereocenters. The van der Waals surface area contributed by atoms with Crippen molar-refractivity contribution in [1.29, 1.82) is 0 Å². The molecule has 0 spiro atoms. The number of nitrogens with zero attached hydrogens (tertiary/aromatic N) is 1. The Morgan fingerprint density at radius 2 is 2.11 bits per heavy atom. The van der Waals surface area contributed by atoms with Crippen LogP contribution in [0.1, 0.15) is 17.3 Å². The number of rotatable bonds is 4. The molecule has 0 aliphatic rings. The van der Waals surface area contributed by atoms with Gasteiger partial charge in [0, 0.05) is 29.3 Å². The third kappa shape index (κ3) is 3.46. The highest BCUT2D eigenvalue weighted by Crippen LogP contribution is 2.21. The third-order valence-electron chi connectivity index (χ3n) is 2.53. The van der Waals surface area contributed by atoms with Crippen molar-refractivity contribution in [3.8, 4) is 0 Å². The number of carbonyl (C=O) groups is 2. The Balaban J connectivity index is 2.89. The Kier molecular flexibility index (Phi) is 5.15. The zero-order valence-electron chi connectivity index (χ0n) is 10.4. The summed E-state index contributed by atoms with van der Waals surface area (Å²) in [6, 6.07) is 4.96. The molecule has 0 bridgehead atoms. The zero-order valence-corrected chi connectivity index (χ0v) is 12.0. The highest BCUT2D eigenvalue weighted by molar-refractivity contribution is 9.10. The van der Waals surface area contributed by atoms with Gasteiger partial charge in [-0.3, -0.25) is 9.59 Å². The van der Waals surface area contributed by atoms with Gasteiger partial charge in [-0.05, 0) is 41.1 Å². The number of benzene rings is 1. The lowest BCUT2D eigenvalue weighted by molar-refractivity contribution is -0.121. The van der Waals surface area contributed by atoms with Crippen LogP contribution in [0.15, 0.2) is 22.7 Å². The molecule has 0 heterocycles. The lowest BCUT2D eigenvalue weighted by atomic mass is 10.2. The Labute approximate surface area is 114 Å². The van der Waals surface area contributed by atoms with Gasteiger partial charge in [0.25, 0.3) is 5.91 Å². The Hall–Kier alpha value is -1.56. The average molecular weight is 314 g/mol. The van der Waals surface area contributed by atoms with Crippen LogP contribution in [0, 0.1) is 0 Å². The number of nitrogens with two attached hydrogens (primary N) is 1. The summed E-state index contributed by atoms with van der Waals surface area (Å²) in [6.07, 6.45) is 0. The molecule has 0 aromatic heterocycles. The minimum Gasteiger partial charge on any atom is -0.398 e. The summed E-state index contributed by atoms with van der Waals surface area (Å²) in [6.45, 7) is 2.34. The van der Waals surface area contributed by atoms with Crippen LogP contribution in [0.25, 0.3) is 0 Å². The highest BCUT2D eigenvalue weighted by atomic mass is 79.9. The van der Waals surface area contributed by atoms with E-state index in [0.717, 1.165) is 0 Å². The van der Waals surface area contributed by atoms with Crippen molar-refractivity contribution in [3.63, 3.8) is 0 Å². The van der Waals surface area contributed by atoms with Crippen molar-refractivity contribution in [2.75, 3.05) is 25.9 Å². The van der Waals surface area contributed by atoms with Gasteiger partial charge in [-0.1, -0.05) is 0 Å². The van der Waals surface area contributed by atoms with Crippen LogP contribution in [-0.2, 0) is 4.79 Å². The number of likely N-dealkylation sites (N-methyl/N-ethyl adjacent to an activating group) is 2. The maximum Gasteiger partial charge on any atom is 0.254 e. The monoisotopic (exact) mass is 313 g/mol. The van der Waals surface area contributed by atoms with Gasteiger partial charge in [-0.25, -0.2) is 0 Å². The predicted molar refractivity (Wildman–Crippen MR) is 74.2 cm³/mol. The van der Waals surface area contributed by atoms with Gasteiger partial charge in [-0.15, -0.1) is 0 Å². The van der Waals surface area contributed by atoms with E-state index in [1.54, 1.807) is 25.2 Å². The van der Waals surface area contributed by atoms with Gasteiger partial charge in [0.15, 0.2) is 0 Å². The molecule has 6 heteroatoms. The first-order valence-corrected chi connectivity index (χ1v) is 6.33. The summed E-state index contributed by atoms with van der Waals surface area (Å²) in [5.41, 5.74) is 6.74. The smallest absolute Gasteiger partial charge is 0.254 e. The summed E-state index contributed by atoms with van der Waals surface area (Å²) < 4.78 is 0.671. The van der Waals surface area contributed by atoms with E-state index in [-0.39, 0.29) is 18.4 Å². The van der Waals surface area contributed by atoms with Crippen molar-refractivity contribution in [2.45, 2.75) is 6.92 Å². The van der Waals surface area contributed by atoms with Gasteiger partial charge in [0.1, 0.15) is 0 Å². The van der Waals surface area contributed by atoms with Crippen LogP contribution in [-0.4, -0.2) is 36.9 Å². The second kappa shape index (κ2) is 6.39. The fraction of sp³-hybridized carbons (Fsp3) is 0.333. The number of anilines is 1. The van der Waals surface area contributed by atoms with Gasteiger partial charge >= 0.3 is 0 Å². The topological polar surface area (TPSA) is 75.4 Å². The molecular weight excluding hydrogens is 298 g/mol. The molecule has 1 rings (SSSR count). The molecule has 0 radical (unpaired) electrons. The van der Waals surface area contributed by atoms with Gasteiger partial charge in [0.05, 0.1) is 6.54 Å². The van der Waals surface area contributed by atoms with E-state index in [2.05, 4.69) is 21.2 Å². The van der Waals surface area contributed by atoms with E-state index in [9.17, 15) is 9.59 Å². The number of hydrogen-bond acceptors (Lipinski definition) is 3. The molecule has 2 amide bonds. The van der Waals surface area contributed by atoms with Crippen LogP contribution in [0.5, 0.6) is 0 Å². The van der Waals surface area contributed by atoms with E-state index in [1.165, 1.54) is 4.90 Å². The van der Waals surface area contributed by atoms with Gasteiger partial charge < -0.3 is 16.0 Å². The van der Waals surface area contributed by atoms with Crippen LogP contribution < -0.4 is 11.1 Å². The van der Waals surface area contributed by atoms with Crippen LogP contribution in [0.4, 0.5) is 5.69 Å². The van der Waals surface area contributed by atoms with E-state index in [4.69, 9.17) is 5.73 Å². The maximum absolute atomic E-state index is 12.2. The molecule has 98 valence electrons. The zero-order chi connectivity index (χ0) is 13.7. The third-order valence-corrected chi connectivity index (χ3v) is 3.22. The SMILES string of the molecule is CCN(CC(=O)NC)C(=O)c1ccc(N)c(Br)c1. The van der Waals surface area contributed by atoms with Crippen LogP contribution in [0.2, 0.25) is 0 Å². The van der Waals surface area contributed by atoms with E-state index >= 15 is 0 Å². The first-order valence-electron chi connectivity index (χ1n) is 5.54. The van der Waals surface area contributed by atoms with Crippen molar-refractivity contribution >= 4 is 33.4 Å². The van der Waals surface area contributed by atoms with Crippen molar-refractivity contribution in [2.24, 2.45) is 0 Å². The molecule has 5 nitrogen and oxygen atoms in total. The summed E-state index contributed by atoms with van der Waals surface area (Å²) in [4.78, 5) is 24.9. The predicted octanol–water partition coefficient (Wildman–Crippen LogP) is 1.24. The maximum atomic E-state index is 12.2. The normalized spacial score (nSPS) is 9.94. The molecule has 0 aliphatic heterocycles. The first kappa shape index (κ1) is 14.5. The molecule has 0 saturated heterocycles. The first-order chi connectivity index (χ1) is 8.49. The molecule has 1 aromatic carbocycles. The second-order valence-corrected chi connectivity index (χ2v) is 4.58. The van der Waals surface area contributed by atoms with Crippen LogP contribution in [0.3, 0.4) is 0 Å². The van der Waals surface area contributed by atoms with Gasteiger partial charge in [0.2, 0.25) is 5.91 Å². The molecule has 3 N–H and O–H groups in total. The van der Waals surface area contributed by atoms with E-state index in [0.29, 0.717) is 22.3 Å². The summed E-state index contributed by atoms with van der Waals surface area (Å²) in [5, 5.41) is 2.49. The van der Waals surface area contributed by atoms with Crippen LogP contribution >= 0.6 is 15.9 Å². The molecule has 1 aromatic rings. The molecule has 18 heavy (non-hydrogen) atoms. The standard InChI is InChI=1S/C12H16BrN3O2/c1-3-16(7-11(17)15-2)12(18)8-4-5-10(14)9(13)6-8/h4-6H,3,7,14H2,1-2H3,(H,15,17). The number of nitrogen functional groups attached to an aromatic ring is 1. The highest BCUT2D eigenvalue weighted by Gasteiger charge is 2.17. The number of halogens is 1. The van der Waals surface area contributed by atoms with Crippen molar-refractivity contribution in [1.82, 2.24) is 10.2 Å². The summed E-state index contributed by atoms with van der Waals surface area (Å²) in [7, 11) is 1.54. The summed E-state index contributed by atoms with van der Waals surface area (Å²) in [5.74, 6) is -0.387. The lowest BCUT2D eigenvalue weighted by Gasteiger charge is -2.20. The number of nitrogens with one attached hydrogen (secondary N) is 1. The second-order valence-electron chi connectivity index (χ2n) is 3.73. The number of carbonyl (C=O) groups excluding carboxylic acids is 2. The number of hydrogen-bond donors (Lipinski definition) is 2. The Bertz CT molecular complexity index is 463. The minimum absolute atomic E-state index is 0.0494. The molecule has 0 atom stereocenters. The fourth-order valence-electron chi connectivity index (χ4n) is 1.42. The van der Waals surface area contributed by atoms with E-state index < -0.39 is 0 Å². The van der Waals surface area contributed by atoms with Gasteiger partial charge in [-0.2, -0.15) is 0 Å². The fourth-order valence-corrected chi connectivity index (χ4v) is 1.80. The quantitative estimate of drug-likeness (QED) is 0.821. The lowest BCUT2D eigenvalue weighted by Crippen LogP contribution is -2.39. The molecule has 0 saturated carbocycles. The Morgan fingerprint density at radius 3 is 2.61 bits per heavy atom. The molecular formula is C12H16BrN3O2. The average Bonchev–Trinajstić information content (AvgIpc) is 2.38. The van der Waals surface area contributed by atoms with E-state index in [1.807, 2.05) is 6.92 Å². The van der Waals surface area contributed by atoms with Crippen molar-refractivity contribution < 1.29 is 9.59 Å². The Morgan fingerprint density at radius 1 is 1.44 bits per heavy atom. The largest absolute Gasteiger partial charge is 0.398 e. The minimum atomic E-state index is -0.195. The number of amides is 2. The summed E-state index contributed by atoms with van der Waals surface area (Å²) >= 11 is 3.27. The molecule has 0 fully saturated rings.